The smallest absolute Gasteiger partial charge is 0.244 e. The predicted octanol–water partition coefficient (Wildman–Crippen LogP) is 0.877. The molecule has 0 aromatic heterocycles. The third-order valence-electron chi connectivity index (χ3n) is 2.93. The van der Waals surface area contributed by atoms with Gasteiger partial charge in [0.15, 0.2) is 0 Å². The van der Waals surface area contributed by atoms with Gasteiger partial charge in [0.1, 0.15) is 5.75 Å². The second kappa shape index (κ2) is 6.91. The second-order valence-corrected chi connectivity index (χ2v) is 4.89. The Balaban J connectivity index is 2.75. The summed E-state index contributed by atoms with van der Waals surface area (Å²) in [5, 5.41) is 5.72. The summed E-state index contributed by atoms with van der Waals surface area (Å²) in [5.74, 6) is -0.0946. The van der Waals surface area contributed by atoms with E-state index in [1.54, 1.807) is 45.2 Å². The first-order valence-corrected chi connectivity index (χ1v) is 6.37. The van der Waals surface area contributed by atoms with E-state index < -0.39 is 11.4 Å². The van der Waals surface area contributed by atoms with Crippen LogP contribution in [0.15, 0.2) is 24.3 Å². The molecule has 1 aromatic rings. The minimum Gasteiger partial charge on any atom is -0.491 e. The summed E-state index contributed by atoms with van der Waals surface area (Å²) in [5.41, 5.74) is 4.92. The molecule has 0 aliphatic carbocycles. The topological polar surface area (TPSA) is 93.4 Å². The van der Waals surface area contributed by atoms with Crippen LogP contribution >= 0.6 is 0 Å². The van der Waals surface area contributed by atoms with Gasteiger partial charge in [0.05, 0.1) is 24.3 Å². The van der Waals surface area contributed by atoms with Crippen LogP contribution in [0.3, 0.4) is 0 Å². The molecule has 4 N–H and O–H groups in total. The number of hydrogen-bond acceptors (Lipinski definition) is 4. The van der Waals surface area contributed by atoms with Crippen LogP contribution in [0.1, 0.15) is 20.3 Å². The van der Waals surface area contributed by atoms with Gasteiger partial charge in [-0.25, -0.2) is 0 Å². The predicted molar refractivity (Wildman–Crippen MR) is 77.5 cm³/mol. The van der Waals surface area contributed by atoms with E-state index in [9.17, 15) is 9.59 Å². The summed E-state index contributed by atoms with van der Waals surface area (Å²) < 4.78 is 5.46. The van der Waals surface area contributed by atoms with Gasteiger partial charge in [0, 0.05) is 0 Å². The zero-order valence-corrected chi connectivity index (χ0v) is 12.0. The molecule has 0 aliphatic rings. The van der Waals surface area contributed by atoms with Crippen LogP contribution in [0.5, 0.6) is 5.75 Å². The van der Waals surface area contributed by atoms with Gasteiger partial charge in [-0.2, -0.15) is 0 Å². The SMILES string of the molecule is CNC(C)(C)C(=O)Nc1ccccc1OCCC(N)=O. The second-order valence-electron chi connectivity index (χ2n) is 4.89. The van der Waals surface area contributed by atoms with Gasteiger partial charge in [-0.1, -0.05) is 12.1 Å². The fourth-order valence-corrected chi connectivity index (χ4v) is 1.35. The fraction of sp³-hybridized carbons (Fsp3) is 0.429. The number of carbonyl (C=O) groups excluding carboxylic acids is 2. The zero-order valence-electron chi connectivity index (χ0n) is 12.0. The van der Waals surface area contributed by atoms with Crippen molar-refractivity contribution < 1.29 is 14.3 Å². The van der Waals surface area contributed by atoms with Crippen molar-refractivity contribution in [1.82, 2.24) is 5.32 Å². The summed E-state index contributed by atoms with van der Waals surface area (Å²) in [7, 11) is 1.72. The Morgan fingerprint density at radius 2 is 1.95 bits per heavy atom. The van der Waals surface area contributed by atoms with E-state index in [1.807, 2.05) is 0 Å². The maximum absolute atomic E-state index is 12.1. The number of primary amides is 1. The van der Waals surface area contributed by atoms with Gasteiger partial charge in [0.25, 0.3) is 0 Å². The number of anilines is 1. The minimum atomic E-state index is -0.694. The van der Waals surface area contributed by atoms with Crippen LogP contribution in [0.2, 0.25) is 0 Å². The average Bonchev–Trinajstić information content (AvgIpc) is 2.40. The summed E-state index contributed by atoms with van der Waals surface area (Å²) in [6.45, 7) is 3.73. The van der Waals surface area contributed by atoms with Crippen molar-refractivity contribution in [3.63, 3.8) is 0 Å². The van der Waals surface area contributed by atoms with Gasteiger partial charge in [-0.3, -0.25) is 9.59 Å². The molecule has 0 aliphatic heterocycles. The number of benzene rings is 1. The first-order chi connectivity index (χ1) is 9.36. The summed E-state index contributed by atoms with van der Waals surface area (Å²) >= 11 is 0. The third kappa shape index (κ3) is 4.55. The lowest BCUT2D eigenvalue weighted by atomic mass is 10.1. The lowest BCUT2D eigenvalue weighted by molar-refractivity contribution is -0.121. The molecule has 1 aromatic carbocycles. The van der Waals surface area contributed by atoms with Crippen LogP contribution in [-0.2, 0) is 9.59 Å². The minimum absolute atomic E-state index is 0.129. The number of nitrogens with one attached hydrogen (secondary N) is 2. The van der Waals surface area contributed by atoms with Crippen molar-refractivity contribution >= 4 is 17.5 Å². The highest BCUT2D eigenvalue weighted by molar-refractivity contribution is 5.98. The highest BCUT2D eigenvalue weighted by Gasteiger charge is 2.25. The van der Waals surface area contributed by atoms with Gasteiger partial charge >= 0.3 is 0 Å². The van der Waals surface area contributed by atoms with E-state index in [0.717, 1.165) is 0 Å². The number of carbonyl (C=O) groups is 2. The molecule has 0 unspecified atom stereocenters. The quantitative estimate of drug-likeness (QED) is 0.690. The molecule has 0 heterocycles. The lowest BCUT2D eigenvalue weighted by Crippen LogP contribution is -2.47. The Morgan fingerprint density at radius 3 is 2.55 bits per heavy atom. The monoisotopic (exact) mass is 279 g/mol. The van der Waals surface area contributed by atoms with Crippen LogP contribution in [-0.4, -0.2) is 31.0 Å². The van der Waals surface area contributed by atoms with E-state index in [-0.39, 0.29) is 18.9 Å². The number of ether oxygens (including phenoxy) is 1. The van der Waals surface area contributed by atoms with E-state index >= 15 is 0 Å². The van der Waals surface area contributed by atoms with Crippen molar-refractivity contribution in [2.45, 2.75) is 25.8 Å². The highest BCUT2D eigenvalue weighted by Crippen LogP contribution is 2.24. The van der Waals surface area contributed by atoms with Crippen molar-refractivity contribution in [3.8, 4) is 5.75 Å². The molecule has 0 atom stereocenters. The van der Waals surface area contributed by atoms with Crippen LogP contribution in [0, 0.1) is 0 Å². The molecule has 0 spiro atoms. The molecule has 0 bridgehead atoms. The van der Waals surface area contributed by atoms with E-state index in [4.69, 9.17) is 10.5 Å². The molecule has 1 rings (SSSR count). The number of rotatable bonds is 7. The Kier molecular flexibility index (Phi) is 5.52. The first kappa shape index (κ1) is 16.0. The Morgan fingerprint density at radius 1 is 1.30 bits per heavy atom. The van der Waals surface area contributed by atoms with E-state index in [2.05, 4.69) is 10.6 Å². The van der Waals surface area contributed by atoms with Crippen molar-refractivity contribution in [2.24, 2.45) is 5.73 Å². The zero-order chi connectivity index (χ0) is 15.2. The summed E-state index contributed by atoms with van der Waals surface area (Å²) in [6.07, 6.45) is 0.129. The van der Waals surface area contributed by atoms with Gasteiger partial charge < -0.3 is 21.1 Å². The van der Waals surface area contributed by atoms with Crippen LogP contribution < -0.4 is 21.1 Å². The molecule has 0 fully saturated rings. The number of amides is 2. The Bertz CT molecular complexity index is 486. The normalized spacial score (nSPS) is 10.9. The van der Waals surface area contributed by atoms with Gasteiger partial charge in [0.2, 0.25) is 11.8 Å². The van der Waals surface area contributed by atoms with Gasteiger partial charge in [-0.15, -0.1) is 0 Å². The maximum Gasteiger partial charge on any atom is 0.244 e. The molecule has 20 heavy (non-hydrogen) atoms. The van der Waals surface area contributed by atoms with Crippen molar-refractivity contribution in [1.29, 1.82) is 0 Å². The standard InChI is InChI=1S/C14H21N3O3/c1-14(2,16-3)13(19)17-10-6-4-5-7-11(10)20-9-8-12(15)18/h4-7,16H,8-9H2,1-3H3,(H2,15,18)(H,17,19). The van der Waals surface area contributed by atoms with Crippen molar-refractivity contribution in [3.05, 3.63) is 24.3 Å². The number of para-hydroxylation sites is 2. The molecule has 110 valence electrons. The highest BCUT2D eigenvalue weighted by atomic mass is 16.5. The lowest BCUT2D eigenvalue weighted by Gasteiger charge is -2.23. The van der Waals surface area contributed by atoms with Crippen molar-refractivity contribution in [2.75, 3.05) is 19.0 Å². The van der Waals surface area contributed by atoms with Crippen LogP contribution in [0.25, 0.3) is 0 Å². The molecule has 6 heteroatoms. The molecule has 6 nitrogen and oxygen atoms in total. The summed E-state index contributed by atoms with van der Waals surface area (Å²) in [6, 6.07) is 7.05. The van der Waals surface area contributed by atoms with Gasteiger partial charge in [-0.05, 0) is 33.0 Å². The third-order valence-corrected chi connectivity index (χ3v) is 2.93. The number of likely N-dealkylation sites (N-methyl/N-ethyl adjacent to an activating group) is 1. The van der Waals surface area contributed by atoms with Crippen LogP contribution in [0.4, 0.5) is 5.69 Å². The summed E-state index contributed by atoms with van der Waals surface area (Å²) in [4.78, 5) is 22.8. The molecule has 2 amide bonds. The Hall–Kier alpha value is -2.08. The largest absolute Gasteiger partial charge is 0.491 e. The maximum atomic E-state index is 12.1. The molecule has 0 saturated heterocycles. The fourth-order valence-electron chi connectivity index (χ4n) is 1.35. The van der Waals surface area contributed by atoms with E-state index in [0.29, 0.717) is 11.4 Å². The molecule has 0 radical (unpaired) electrons. The molecular formula is C14H21N3O3. The number of nitrogens with two attached hydrogens (primary N) is 1. The molecular weight excluding hydrogens is 258 g/mol. The molecule has 0 saturated carbocycles. The number of hydrogen-bond donors (Lipinski definition) is 3. The van der Waals surface area contributed by atoms with E-state index in [1.165, 1.54) is 0 Å². The average molecular weight is 279 g/mol. The Labute approximate surface area is 118 Å². The first-order valence-electron chi connectivity index (χ1n) is 6.37.